The second-order valence-electron chi connectivity index (χ2n) is 13.8. The van der Waals surface area contributed by atoms with Crippen LogP contribution in [0.15, 0.2) is 12.7 Å². The number of carbonyl (C=O) groups is 4. The highest BCUT2D eigenvalue weighted by atomic mass is 16.7. The normalized spacial score (nSPS) is 43.6. The third-order valence-corrected chi connectivity index (χ3v) is 9.99. The predicted molar refractivity (Wildman–Crippen MR) is 165 cm³/mol. The highest BCUT2D eigenvalue weighted by Crippen LogP contribution is 2.40. The van der Waals surface area contributed by atoms with Gasteiger partial charge in [0, 0.05) is 23.8 Å². The van der Waals surface area contributed by atoms with E-state index in [1.807, 2.05) is 25.9 Å². The van der Waals surface area contributed by atoms with Crippen molar-refractivity contribution in [2.45, 2.75) is 129 Å². The zero-order chi connectivity index (χ0) is 34.0. The van der Waals surface area contributed by atoms with Gasteiger partial charge >= 0.3 is 12.1 Å². The molecule has 3 fully saturated rings. The van der Waals surface area contributed by atoms with Gasteiger partial charge in [-0.3, -0.25) is 14.4 Å². The first kappa shape index (κ1) is 37.1. The van der Waals surface area contributed by atoms with Crippen LogP contribution in [0.5, 0.6) is 0 Å². The van der Waals surface area contributed by atoms with Gasteiger partial charge in [-0.05, 0) is 61.1 Å². The van der Waals surface area contributed by atoms with Crippen LogP contribution >= 0.6 is 0 Å². The largest absolute Gasteiger partial charge is 0.458 e. The summed E-state index contributed by atoms with van der Waals surface area (Å²) in [5.74, 6) is -4.94. The number of aliphatic hydroxyl groups excluding tert-OH is 1. The lowest BCUT2D eigenvalue weighted by Gasteiger charge is -2.47. The van der Waals surface area contributed by atoms with E-state index in [0.29, 0.717) is 6.42 Å². The van der Waals surface area contributed by atoms with Gasteiger partial charge in [0.25, 0.3) is 0 Å². The number of ketones is 2. The summed E-state index contributed by atoms with van der Waals surface area (Å²) in [7, 11) is 3.73. The molecule has 0 aromatic rings. The van der Waals surface area contributed by atoms with Crippen LogP contribution in [0.4, 0.5) is 4.79 Å². The molecular weight excluding hydrogens is 584 g/mol. The number of fused-ring (bicyclic) bond motifs is 1. The lowest BCUT2D eigenvalue weighted by Crippen LogP contribution is -2.60. The van der Waals surface area contributed by atoms with Gasteiger partial charge in [0.1, 0.15) is 23.9 Å². The molecule has 3 aliphatic rings. The molecule has 0 radical (unpaired) electrons. The van der Waals surface area contributed by atoms with Gasteiger partial charge in [0.05, 0.1) is 30.5 Å². The molecule has 3 aliphatic heterocycles. The van der Waals surface area contributed by atoms with E-state index >= 15 is 0 Å². The maximum atomic E-state index is 14.1. The Morgan fingerprint density at radius 3 is 2.29 bits per heavy atom. The Morgan fingerprint density at radius 2 is 1.71 bits per heavy atom. The minimum absolute atomic E-state index is 0.0822. The van der Waals surface area contributed by atoms with E-state index in [1.165, 1.54) is 6.92 Å². The van der Waals surface area contributed by atoms with Crippen molar-refractivity contribution >= 4 is 23.6 Å². The number of Topliss-reactive ketones (excluding diaryl/α,β-unsaturated/α-hetero) is 2. The number of ether oxygens (including phenoxy) is 5. The Morgan fingerprint density at radius 1 is 1.07 bits per heavy atom. The third kappa shape index (κ3) is 7.62. The standard InChI is InChI=1S/C33H54N2O10/c1-12-14-41-32(8)16-17(3)24(36)19(5)27-33(9,45-31(40)34-27)23(13-2)43-29(39)21(7)25(37)20(6)28(32)44-30-26(38)22(35(10)11)15-18(4)42-30/h12,17-23,26-28,30,38H,1,13-16H2,2-11H3,(H,34,40)/t17-,18-,19+,20+,21-,22+,23-,26-,27-,28-,30+,32+,33-/m1/s1. The van der Waals surface area contributed by atoms with Crippen molar-refractivity contribution < 1.29 is 48.0 Å². The number of cyclic esters (lactones) is 1. The number of rotatable bonds is 7. The van der Waals surface area contributed by atoms with Crippen molar-refractivity contribution in [1.82, 2.24) is 10.2 Å². The summed E-state index contributed by atoms with van der Waals surface area (Å²) in [5.41, 5.74) is -2.63. The number of nitrogens with one attached hydrogen (secondary N) is 1. The summed E-state index contributed by atoms with van der Waals surface area (Å²) in [5, 5.41) is 14.1. The lowest BCUT2D eigenvalue weighted by atomic mass is 9.73. The van der Waals surface area contributed by atoms with E-state index in [2.05, 4.69) is 11.9 Å². The summed E-state index contributed by atoms with van der Waals surface area (Å²) in [6.07, 6.45) is -2.57. The quantitative estimate of drug-likeness (QED) is 0.241. The number of likely N-dealkylation sites (N-methyl/N-ethyl adjacent to an activating group) is 1. The molecule has 2 N–H and O–H groups in total. The number of alkyl carbamates (subject to hydrolysis) is 1. The summed E-state index contributed by atoms with van der Waals surface area (Å²) >= 11 is 0. The first-order valence-electron chi connectivity index (χ1n) is 16.1. The minimum atomic E-state index is -1.35. The van der Waals surface area contributed by atoms with Crippen LogP contribution in [0.2, 0.25) is 0 Å². The van der Waals surface area contributed by atoms with Gasteiger partial charge < -0.3 is 39.0 Å². The number of carbonyl (C=O) groups excluding carboxylic acids is 4. The van der Waals surface area contributed by atoms with E-state index in [1.54, 1.807) is 47.6 Å². The van der Waals surface area contributed by atoms with E-state index < -0.39 is 83.4 Å². The van der Waals surface area contributed by atoms with E-state index in [4.69, 9.17) is 23.7 Å². The second-order valence-corrected chi connectivity index (χ2v) is 13.8. The molecule has 0 aromatic carbocycles. The minimum Gasteiger partial charge on any atom is -0.458 e. The molecule has 13 atom stereocenters. The van der Waals surface area contributed by atoms with Crippen molar-refractivity contribution in [2.24, 2.45) is 23.7 Å². The molecular formula is C33H54N2O10. The Kier molecular flexibility index (Phi) is 12.0. The molecule has 12 heteroatoms. The van der Waals surface area contributed by atoms with Gasteiger partial charge in [-0.2, -0.15) is 0 Å². The molecule has 3 heterocycles. The molecule has 12 nitrogen and oxygen atoms in total. The van der Waals surface area contributed by atoms with Gasteiger partial charge in [-0.25, -0.2) is 4.79 Å². The molecule has 45 heavy (non-hydrogen) atoms. The molecule has 0 spiro atoms. The molecule has 3 saturated heterocycles. The maximum absolute atomic E-state index is 14.1. The molecule has 0 aromatic heterocycles. The van der Waals surface area contributed by atoms with Crippen LogP contribution in [-0.4, -0.2) is 108 Å². The zero-order valence-corrected chi connectivity index (χ0v) is 28.5. The summed E-state index contributed by atoms with van der Waals surface area (Å²) < 4.78 is 30.6. The van der Waals surface area contributed by atoms with Gasteiger partial charge in [-0.15, -0.1) is 6.58 Å². The van der Waals surface area contributed by atoms with Gasteiger partial charge in [-0.1, -0.05) is 33.8 Å². The Labute approximate surface area is 267 Å². The molecule has 0 aliphatic carbocycles. The smallest absolute Gasteiger partial charge is 0.408 e. The van der Waals surface area contributed by atoms with Crippen LogP contribution in [0.1, 0.15) is 74.7 Å². The summed E-state index contributed by atoms with van der Waals surface area (Å²) in [4.78, 5) is 56.1. The average molecular weight is 639 g/mol. The number of esters is 1. The molecule has 3 rings (SSSR count). The van der Waals surface area contributed by atoms with Crippen LogP contribution in [-0.2, 0) is 38.1 Å². The molecule has 0 bridgehead atoms. The lowest BCUT2D eigenvalue weighted by molar-refractivity contribution is -0.296. The number of amides is 1. The van der Waals surface area contributed by atoms with Crippen LogP contribution in [0.25, 0.3) is 0 Å². The van der Waals surface area contributed by atoms with Crippen molar-refractivity contribution in [1.29, 1.82) is 0 Å². The molecule has 1 amide bonds. The monoisotopic (exact) mass is 638 g/mol. The van der Waals surface area contributed by atoms with Crippen molar-refractivity contribution in [2.75, 3.05) is 20.7 Å². The fraction of sp³-hybridized carbons (Fsp3) is 0.818. The van der Waals surface area contributed by atoms with Crippen molar-refractivity contribution in [3.8, 4) is 0 Å². The van der Waals surface area contributed by atoms with E-state index in [0.717, 1.165) is 0 Å². The van der Waals surface area contributed by atoms with Crippen LogP contribution in [0, 0.1) is 23.7 Å². The fourth-order valence-electron chi connectivity index (χ4n) is 7.38. The Hall–Kier alpha value is -2.38. The predicted octanol–water partition coefficient (Wildman–Crippen LogP) is 3.03. The SMILES string of the molecule is C=CCO[C@@]1(C)C[C@@H](C)C(=O)[C@H](C)[C@H]2NC(=O)O[C@]2(C)[C@@H](CC)OC(=O)[C@H](C)C(=O)[C@H](C)[C@H]1O[C@@H]1O[C@H](C)C[C@H](N(C)C)[C@H]1O. The Bertz CT molecular complexity index is 1120. The van der Waals surface area contributed by atoms with Gasteiger partial charge in [0.15, 0.2) is 17.7 Å². The fourth-order valence-corrected chi connectivity index (χ4v) is 7.38. The highest BCUT2D eigenvalue weighted by Gasteiger charge is 2.57. The topological polar surface area (TPSA) is 150 Å². The zero-order valence-electron chi connectivity index (χ0n) is 28.5. The van der Waals surface area contributed by atoms with Crippen molar-refractivity contribution in [3.05, 3.63) is 12.7 Å². The first-order chi connectivity index (χ1) is 20.9. The van der Waals surface area contributed by atoms with E-state index in [9.17, 15) is 24.3 Å². The molecule has 0 unspecified atom stereocenters. The van der Waals surface area contributed by atoms with Crippen molar-refractivity contribution in [3.63, 3.8) is 0 Å². The van der Waals surface area contributed by atoms with E-state index in [-0.39, 0.29) is 37.4 Å². The summed E-state index contributed by atoms with van der Waals surface area (Å²) in [6.45, 7) is 17.5. The Balaban J connectivity index is 2.14. The highest BCUT2D eigenvalue weighted by molar-refractivity contribution is 6.00. The average Bonchev–Trinajstić information content (AvgIpc) is 3.30. The summed E-state index contributed by atoms with van der Waals surface area (Å²) in [6, 6.07) is -1.07. The first-order valence-corrected chi connectivity index (χ1v) is 16.1. The number of aliphatic hydroxyl groups is 1. The number of hydrogen-bond donors (Lipinski definition) is 2. The van der Waals surface area contributed by atoms with Gasteiger partial charge in [0.2, 0.25) is 0 Å². The second kappa shape index (κ2) is 14.6. The van der Waals surface area contributed by atoms with Crippen LogP contribution < -0.4 is 5.32 Å². The van der Waals surface area contributed by atoms with Crippen LogP contribution in [0.3, 0.4) is 0 Å². The third-order valence-electron chi connectivity index (χ3n) is 9.99. The molecule has 0 saturated carbocycles. The molecule has 256 valence electrons. The maximum Gasteiger partial charge on any atom is 0.408 e. The number of nitrogens with zero attached hydrogens (tertiary/aromatic N) is 1. The number of hydrogen-bond acceptors (Lipinski definition) is 11.